The molecule has 1 atom stereocenters. The number of hydrogen-bond acceptors (Lipinski definition) is 4. The van der Waals surface area contributed by atoms with E-state index in [0.29, 0.717) is 24.8 Å². The maximum atomic E-state index is 12.8. The van der Waals surface area contributed by atoms with Crippen LogP contribution >= 0.6 is 0 Å². The Bertz CT molecular complexity index is 914. The minimum absolute atomic E-state index is 0.0405. The molecule has 2 aromatic rings. The Kier molecular flexibility index (Phi) is 5.37. The molecule has 0 fully saturated rings. The lowest BCUT2D eigenvalue weighted by atomic mass is 9.89. The number of primary amides is 1. The monoisotopic (exact) mass is 392 g/mol. The second kappa shape index (κ2) is 7.59. The number of aromatic nitrogens is 1. The molecule has 1 aliphatic rings. The van der Waals surface area contributed by atoms with E-state index in [1.807, 2.05) is 17.9 Å². The van der Waals surface area contributed by atoms with E-state index < -0.39 is 23.6 Å². The van der Waals surface area contributed by atoms with E-state index in [2.05, 4.69) is 10.3 Å². The number of nitrogens with one attached hydrogen (secondary N) is 1. The van der Waals surface area contributed by atoms with Gasteiger partial charge >= 0.3 is 6.18 Å². The van der Waals surface area contributed by atoms with Crippen LogP contribution in [0.4, 0.5) is 18.9 Å². The van der Waals surface area contributed by atoms with Gasteiger partial charge in [0.2, 0.25) is 5.91 Å². The maximum Gasteiger partial charge on any atom is 0.417 e. The third-order valence-corrected chi connectivity index (χ3v) is 4.56. The van der Waals surface area contributed by atoms with Gasteiger partial charge in [-0.15, -0.1) is 0 Å². The van der Waals surface area contributed by atoms with E-state index in [-0.39, 0.29) is 18.2 Å². The van der Waals surface area contributed by atoms with Crippen molar-refractivity contribution >= 4 is 17.5 Å². The van der Waals surface area contributed by atoms with Crippen LogP contribution in [0, 0.1) is 0 Å². The highest BCUT2D eigenvalue weighted by molar-refractivity contribution is 6.04. The fourth-order valence-electron chi connectivity index (χ4n) is 3.36. The average Bonchev–Trinajstić information content (AvgIpc) is 2.60. The molecule has 0 spiro atoms. The lowest BCUT2D eigenvalue weighted by Gasteiger charge is -2.32. The van der Waals surface area contributed by atoms with Gasteiger partial charge in [-0.25, -0.2) is 0 Å². The molecule has 0 aliphatic carbocycles. The first-order valence-corrected chi connectivity index (χ1v) is 8.60. The number of alkyl halides is 3. The van der Waals surface area contributed by atoms with Gasteiger partial charge in [-0.3, -0.25) is 19.5 Å². The first kappa shape index (κ1) is 19.8. The summed E-state index contributed by atoms with van der Waals surface area (Å²) in [7, 11) is 0. The zero-order valence-corrected chi connectivity index (χ0v) is 15.1. The number of benzene rings is 1. The summed E-state index contributed by atoms with van der Waals surface area (Å²) < 4.78 is 38.4. The summed E-state index contributed by atoms with van der Waals surface area (Å²) in [6.45, 7) is 3.28. The second-order valence-corrected chi connectivity index (χ2v) is 6.86. The van der Waals surface area contributed by atoms with Crippen molar-refractivity contribution in [3.8, 4) is 0 Å². The quantitative estimate of drug-likeness (QED) is 0.838. The first-order chi connectivity index (χ1) is 13.1. The highest BCUT2D eigenvalue weighted by Gasteiger charge is 2.31. The first-order valence-electron chi connectivity index (χ1n) is 8.60. The predicted octanol–water partition coefficient (Wildman–Crippen LogP) is 2.76. The largest absolute Gasteiger partial charge is 0.417 e. The van der Waals surface area contributed by atoms with Crippen molar-refractivity contribution in [3.63, 3.8) is 0 Å². The third kappa shape index (κ3) is 4.48. The van der Waals surface area contributed by atoms with Gasteiger partial charge in [0.15, 0.2) is 0 Å². The highest BCUT2D eigenvalue weighted by atomic mass is 19.4. The average molecular weight is 392 g/mol. The van der Waals surface area contributed by atoms with Gasteiger partial charge in [0.25, 0.3) is 5.91 Å². The van der Waals surface area contributed by atoms with E-state index in [0.717, 1.165) is 23.4 Å². The van der Waals surface area contributed by atoms with Crippen molar-refractivity contribution in [2.75, 3.05) is 18.4 Å². The Morgan fingerprint density at radius 2 is 2.04 bits per heavy atom. The smallest absolute Gasteiger partial charge is 0.369 e. The molecule has 0 saturated carbocycles. The molecule has 0 saturated heterocycles. The number of nitrogens with two attached hydrogens (primary N) is 1. The maximum absolute atomic E-state index is 12.8. The fraction of sp³-hybridized carbons (Fsp3) is 0.316. The van der Waals surface area contributed by atoms with Gasteiger partial charge in [-0.05, 0) is 35.2 Å². The molecule has 3 rings (SSSR count). The minimum Gasteiger partial charge on any atom is -0.369 e. The zero-order chi connectivity index (χ0) is 20.5. The number of amides is 2. The highest BCUT2D eigenvalue weighted by Crippen LogP contribution is 2.31. The van der Waals surface area contributed by atoms with Gasteiger partial charge in [0, 0.05) is 24.8 Å². The van der Waals surface area contributed by atoms with Crippen LogP contribution in [0.3, 0.4) is 0 Å². The molecule has 9 heteroatoms. The standard InChI is InChI=1S/C19H19F3N4O2/c1-11-8-26(10-17(23)27)9-13-4-12(2-3-16(11)13)18(28)25-15-5-14(6-24-7-15)19(20,21)22/h2-7,11H,8-10H2,1H3,(H2,23,27)(H,25,28). The number of pyridine rings is 1. The molecule has 1 unspecified atom stereocenters. The van der Waals surface area contributed by atoms with E-state index in [9.17, 15) is 22.8 Å². The molecule has 148 valence electrons. The van der Waals surface area contributed by atoms with Gasteiger partial charge in [-0.1, -0.05) is 13.0 Å². The van der Waals surface area contributed by atoms with Crippen LogP contribution in [0.2, 0.25) is 0 Å². The number of halogens is 3. The summed E-state index contributed by atoms with van der Waals surface area (Å²) in [5.41, 5.74) is 6.55. The normalized spacial score (nSPS) is 17.1. The lowest BCUT2D eigenvalue weighted by molar-refractivity contribution is -0.137. The van der Waals surface area contributed by atoms with Crippen LogP contribution in [0.25, 0.3) is 0 Å². The predicted molar refractivity (Wildman–Crippen MR) is 96.5 cm³/mol. The number of anilines is 1. The van der Waals surface area contributed by atoms with Crippen molar-refractivity contribution in [1.82, 2.24) is 9.88 Å². The summed E-state index contributed by atoms with van der Waals surface area (Å²) in [6, 6.07) is 5.99. The van der Waals surface area contributed by atoms with E-state index in [1.54, 1.807) is 12.1 Å². The topological polar surface area (TPSA) is 88.3 Å². The molecule has 0 radical (unpaired) electrons. The molecular formula is C19H19F3N4O2. The summed E-state index contributed by atoms with van der Waals surface area (Å²) in [6.07, 6.45) is -2.69. The van der Waals surface area contributed by atoms with E-state index >= 15 is 0 Å². The number of nitrogens with zero attached hydrogens (tertiary/aromatic N) is 2. The van der Waals surface area contributed by atoms with E-state index in [1.165, 1.54) is 0 Å². The zero-order valence-electron chi connectivity index (χ0n) is 15.1. The van der Waals surface area contributed by atoms with Crippen LogP contribution in [0.15, 0.2) is 36.7 Å². The van der Waals surface area contributed by atoms with Crippen LogP contribution < -0.4 is 11.1 Å². The molecule has 6 nitrogen and oxygen atoms in total. The Morgan fingerprint density at radius 3 is 2.71 bits per heavy atom. The van der Waals surface area contributed by atoms with Crippen LogP contribution in [0.1, 0.15) is 39.9 Å². The fourth-order valence-corrected chi connectivity index (χ4v) is 3.36. The lowest BCUT2D eigenvalue weighted by Crippen LogP contribution is -2.38. The Hall–Kier alpha value is -2.94. The van der Waals surface area contributed by atoms with Crippen LogP contribution in [0.5, 0.6) is 0 Å². The number of hydrogen-bond donors (Lipinski definition) is 2. The van der Waals surface area contributed by atoms with Crippen LogP contribution in [-0.4, -0.2) is 34.8 Å². The van der Waals surface area contributed by atoms with Crippen LogP contribution in [-0.2, 0) is 17.5 Å². The van der Waals surface area contributed by atoms with E-state index in [4.69, 9.17) is 5.73 Å². The number of carbonyl (C=O) groups excluding carboxylic acids is 2. The Morgan fingerprint density at radius 1 is 1.29 bits per heavy atom. The SMILES string of the molecule is CC1CN(CC(N)=O)Cc2cc(C(=O)Nc3cncc(C(F)(F)F)c3)ccc21. The van der Waals surface area contributed by atoms with Gasteiger partial charge in [-0.2, -0.15) is 13.2 Å². The second-order valence-electron chi connectivity index (χ2n) is 6.86. The van der Waals surface area contributed by atoms with Gasteiger partial charge < -0.3 is 11.1 Å². The summed E-state index contributed by atoms with van der Waals surface area (Å²) >= 11 is 0. The van der Waals surface area contributed by atoms with Crippen molar-refractivity contribution in [2.24, 2.45) is 5.73 Å². The minimum atomic E-state index is -4.54. The molecule has 3 N–H and O–H groups in total. The molecule has 2 heterocycles. The van der Waals surface area contributed by atoms with Gasteiger partial charge in [0.1, 0.15) is 0 Å². The third-order valence-electron chi connectivity index (χ3n) is 4.56. The van der Waals surface area contributed by atoms with Crippen molar-refractivity contribution in [3.05, 3.63) is 58.9 Å². The number of carbonyl (C=O) groups is 2. The van der Waals surface area contributed by atoms with Crippen molar-refractivity contribution in [1.29, 1.82) is 0 Å². The summed E-state index contributed by atoms with van der Waals surface area (Å²) in [4.78, 5) is 29.1. The Labute approximate surface area is 159 Å². The number of fused-ring (bicyclic) bond motifs is 1. The summed E-state index contributed by atoms with van der Waals surface area (Å²) in [5.74, 6) is -0.807. The molecule has 1 aliphatic heterocycles. The van der Waals surface area contributed by atoms with Gasteiger partial charge in [0.05, 0.1) is 24.0 Å². The van der Waals surface area contributed by atoms with Crippen molar-refractivity contribution in [2.45, 2.75) is 25.6 Å². The summed E-state index contributed by atoms with van der Waals surface area (Å²) in [5, 5.41) is 2.44. The Balaban J connectivity index is 1.80. The molecular weight excluding hydrogens is 373 g/mol. The molecule has 2 amide bonds. The molecule has 28 heavy (non-hydrogen) atoms. The van der Waals surface area contributed by atoms with Crippen molar-refractivity contribution < 1.29 is 22.8 Å². The number of rotatable bonds is 4. The molecule has 1 aromatic carbocycles. The molecule has 0 bridgehead atoms. The molecule has 1 aromatic heterocycles.